The molecular weight excluding hydrogens is 206 g/mol. The third kappa shape index (κ3) is 3.20. The van der Waals surface area contributed by atoms with Gasteiger partial charge in [-0.25, -0.2) is 0 Å². The lowest BCUT2D eigenvalue weighted by Crippen LogP contribution is -2.59. The second-order valence-electron chi connectivity index (χ2n) is 4.28. The number of nitrogens with one attached hydrogen (secondary N) is 1. The summed E-state index contributed by atoms with van der Waals surface area (Å²) in [6.07, 6.45) is 0.911. The number of amides is 2. The second kappa shape index (κ2) is 5.84. The molecule has 0 bridgehead atoms. The van der Waals surface area contributed by atoms with Crippen LogP contribution in [0.2, 0.25) is 0 Å². The van der Waals surface area contributed by atoms with Crippen LogP contribution in [0.15, 0.2) is 0 Å². The Morgan fingerprint density at radius 3 is 2.62 bits per heavy atom. The van der Waals surface area contributed by atoms with Crippen molar-refractivity contribution in [2.75, 3.05) is 33.2 Å². The van der Waals surface area contributed by atoms with Crippen LogP contribution in [-0.4, -0.2) is 60.9 Å². The number of nitrogens with zero attached hydrogens (tertiary/aromatic N) is 2. The number of carbonyl (C=O) groups excluding carboxylic acids is 2. The van der Waals surface area contributed by atoms with E-state index in [4.69, 9.17) is 0 Å². The summed E-state index contributed by atoms with van der Waals surface area (Å²) < 4.78 is 0. The van der Waals surface area contributed by atoms with Gasteiger partial charge in [0, 0.05) is 33.1 Å². The summed E-state index contributed by atoms with van der Waals surface area (Å²) in [5.74, 6) is -0.0617. The Kier molecular flexibility index (Phi) is 4.73. The minimum atomic E-state index is -0.331. The Labute approximate surface area is 96.8 Å². The molecule has 1 unspecified atom stereocenters. The third-order valence-corrected chi connectivity index (χ3v) is 2.84. The lowest BCUT2D eigenvalue weighted by molar-refractivity contribution is -0.142. The molecule has 0 spiro atoms. The maximum Gasteiger partial charge on any atom is 0.244 e. The molecule has 1 aliphatic heterocycles. The van der Waals surface area contributed by atoms with E-state index in [-0.39, 0.29) is 17.9 Å². The van der Waals surface area contributed by atoms with E-state index >= 15 is 0 Å². The van der Waals surface area contributed by atoms with E-state index in [1.54, 1.807) is 4.90 Å². The molecule has 92 valence electrons. The molecule has 0 aromatic carbocycles. The lowest BCUT2D eigenvalue weighted by Gasteiger charge is -2.38. The van der Waals surface area contributed by atoms with Crippen molar-refractivity contribution in [3.63, 3.8) is 0 Å². The molecule has 1 aliphatic rings. The first-order valence-corrected chi connectivity index (χ1v) is 5.79. The molecule has 1 saturated heterocycles. The molecule has 1 heterocycles. The van der Waals surface area contributed by atoms with Gasteiger partial charge < -0.3 is 15.1 Å². The molecule has 0 radical (unpaired) electrons. The van der Waals surface area contributed by atoms with Crippen LogP contribution in [0, 0.1) is 0 Å². The molecule has 1 fully saturated rings. The number of likely N-dealkylation sites (N-methyl/N-ethyl adjacent to an activating group) is 1. The molecule has 1 N–H and O–H groups in total. The monoisotopic (exact) mass is 227 g/mol. The molecule has 1 atom stereocenters. The minimum absolute atomic E-state index is 0.0234. The van der Waals surface area contributed by atoms with Crippen LogP contribution < -0.4 is 5.32 Å². The largest absolute Gasteiger partial charge is 0.354 e. The first kappa shape index (κ1) is 13.0. The Morgan fingerprint density at radius 1 is 1.38 bits per heavy atom. The fraction of sp³-hybridized carbons (Fsp3) is 0.818. The van der Waals surface area contributed by atoms with Crippen LogP contribution in [0.5, 0.6) is 0 Å². The van der Waals surface area contributed by atoms with Crippen LogP contribution in [-0.2, 0) is 9.59 Å². The van der Waals surface area contributed by atoms with E-state index in [0.29, 0.717) is 19.6 Å². The predicted octanol–water partition coefficient (Wildman–Crippen LogP) is -0.325. The first-order chi connectivity index (χ1) is 7.56. The summed E-state index contributed by atoms with van der Waals surface area (Å²) in [7, 11) is 1.97. The van der Waals surface area contributed by atoms with E-state index in [0.717, 1.165) is 13.0 Å². The topological polar surface area (TPSA) is 52.7 Å². The fourth-order valence-corrected chi connectivity index (χ4v) is 1.89. The summed E-state index contributed by atoms with van der Waals surface area (Å²) >= 11 is 0. The van der Waals surface area contributed by atoms with Gasteiger partial charge in [0.15, 0.2) is 0 Å². The third-order valence-electron chi connectivity index (χ3n) is 2.84. The predicted molar refractivity (Wildman–Crippen MR) is 62.0 cm³/mol. The lowest BCUT2D eigenvalue weighted by atomic mass is 10.1. The summed E-state index contributed by atoms with van der Waals surface area (Å²) in [5, 5.41) is 2.85. The standard InChI is InChI=1S/C11H21N3O2/c1-4-5-12-11(16)10-8-13(3)6-7-14(10)9(2)15/h10H,4-8H2,1-3H3,(H,12,16). The number of carbonyl (C=O) groups is 2. The molecule has 0 saturated carbocycles. The van der Waals surface area contributed by atoms with E-state index in [2.05, 4.69) is 10.2 Å². The summed E-state index contributed by atoms with van der Waals surface area (Å²) in [4.78, 5) is 27.0. The van der Waals surface area contributed by atoms with Gasteiger partial charge >= 0.3 is 0 Å². The zero-order valence-electron chi connectivity index (χ0n) is 10.3. The fourth-order valence-electron chi connectivity index (χ4n) is 1.89. The molecular formula is C11H21N3O2. The van der Waals surface area contributed by atoms with Crippen molar-refractivity contribution < 1.29 is 9.59 Å². The van der Waals surface area contributed by atoms with E-state index in [9.17, 15) is 9.59 Å². The normalized spacial score (nSPS) is 21.9. The van der Waals surface area contributed by atoms with E-state index < -0.39 is 0 Å². The minimum Gasteiger partial charge on any atom is -0.354 e. The highest BCUT2D eigenvalue weighted by Crippen LogP contribution is 2.08. The van der Waals surface area contributed by atoms with Crippen molar-refractivity contribution in [2.24, 2.45) is 0 Å². The van der Waals surface area contributed by atoms with E-state index in [1.165, 1.54) is 6.92 Å². The molecule has 0 aromatic rings. The highest BCUT2D eigenvalue weighted by molar-refractivity contribution is 5.87. The van der Waals surface area contributed by atoms with Gasteiger partial charge in [0.25, 0.3) is 0 Å². The Bertz CT molecular complexity index is 268. The molecule has 16 heavy (non-hydrogen) atoms. The van der Waals surface area contributed by atoms with Crippen LogP contribution in [0.3, 0.4) is 0 Å². The van der Waals surface area contributed by atoms with Crippen LogP contribution in [0.25, 0.3) is 0 Å². The van der Waals surface area contributed by atoms with Crippen molar-refractivity contribution >= 4 is 11.8 Å². The summed E-state index contributed by atoms with van der Waals surface area (Å²) in [5.41, 5.74) is 0. The van der Waals surface area contributed by atoms with Gasteiger partial charge in [0.05, 0.1) is 0 Å². The van der Waals surface area contributed by atoms with Gasteiger partial charge in [0.2, 0.25) is 11.8 Å². The number of rotatable bonds is 3. The van der Waals surface area contributed by atoms with Gasteiger partial charge in [-0.3, -0.25) is 9.59 Å². The van der Waals surface area contributed by atoms with Crippen molar-refractivity contribution in [2.45, 2.75) is 26.3 Å². The molecule has 2 amide bonds. The Balaban J connectivity index is 2.63. The van der Waals surface area contributed by atoms with Gasteiger partial charge in [0.1, 0.15) is 6.04 Å². The molecule has 1 rings (SSSR count). The Hall–Kier alpha value is -1.10. The average Bonchev–Trinajstić information content (AvgIpc) is 2.25. The zero-order valence-corrected chi connectivity index (χ0v) is 10.3. The van der Waals surface area contributed by atoms with Gasteiger partial charge in [-0.1, -0.05) is 6.92 Å². The maximum atomic E-state index is 11.9. The summed E-state index contributed by atoms with van der Waals surface area (Å²) in [6.45, 7) is 6.29. The number of piperazine rings is 1. The zero-order chi connectivity index (χ0) is 12.1. The molecule has 0 aliphatic carbocycles. The van der Waals surface area contributed by atoms with Gasteiger partial charge in [-0.2, -0.15) is 0 Å². The second-order valence-corrected chi connectivity index (χ2v) is 4.28. The average molecular weight is 227 g/mol. The molecule has 5 heteroatoms. The van der Waals surface area contributed by atoms with Crippen molar-refractivity contribution in [3.05, 3.63) is 0 Å². The maximum absolute atomic E-state index is 11.9. The van der Waals surface area contributed by atoms with Crippen LogP contribution in [0.4, 0.5) is 0 Å². The van der Waals surface area contributed by atoms with Crippen molar-refractivity contribution in [1.29, 1.82) is 0 Å². The highest BCUT2D eigenvalue weighted by atomic mass is 16.2. The molecule has 5 nitrogen and oxygen atoms in total. The summed E-state index contributed by atoms with van der Waals surface area (Å²) in [6, 6.07) is -0.331. The quantitative estimate of drug-likeness (QED) is 0.718. The number of hydrogen-bond donors (Lipinski definition) is 1. The SMILES string of the molecule is CCCNC(=O)C1CN(C)CCN1C(C)=O. The van der Waals surface area contributed by atoms with Crippen LogP contribution in [0.1, 0.15) is 20.3 Å². The van der Waals surface area contributed by atoms with Gasteiger partial charge in [-0.15, -0.1) is 0 Å². The van der Waals surface area contributed by atoms with Crippen molar-refractivity contribution in [1.82, 2.24) is 15.1 Å². The molecule has 0 aromatic heterocycles. The van der Waals surface area contributed by atoms with Crippen LogP contribution >= 0.6 is 0 Å². The number of hydrogen-bond acceptors (Lipinski definition) is 3. The smallest absolute Gasteiger partial charge is 0.244 e. The van der Waals surface area contributed by atoms with Crippen molar-refractivity contribution in [3.8, 4) is 0 Å². The first-order valence-electron chi connectivity index (χ1n) is 5.79. The van der Waals surface area contributed by atoms with Gasteiger partial charge in [-0.05, 0) is 13.5 Å². The Morgan fingerprint density at radius 2 is 2.06 bits per heavy atom. The highest BCUT2D eigenvalue weighted by Gasteiger charge is 2.32. The van der Waals surface area contributed by atoms with E-state index in [1.807, 2.05) is 14.0 Å².